The summed E-state index contributed by atoms with van der Waals surface area (Å²) >= 11 is 6.31. The van der Waals surface area contributed by atoms with Crippen LogP contribution in [0.2, 0.25) is 5.02 Å². The smallest absolute Gasteiger partial charge is 0.0834 e. The molecule has 1 heterocycles. The van der Waals surface area contributed by atoms with Crippen molar-refractivity contribution in [3.63, 3.8) is 0 Å². The minimum absolute atomic E-state index is 0.172. The monoisotopic (exact) mass is 291 g/mol. The third-order valence-electron chi connectivity index (χ3n) is 3.74. The van der Waals surface area contributed by atoms with E-state index in [0.717, 1.165) is 23.7 Å². The molecule has 2 aromatic rings. The van der Waals surface area contributed by atoms with Gasteiger partial charge in [-0.15, -0.1) is 0 Å². The lowest BCUT2D eigenvalue weighted by Gasteiger charge is -2.19. The fraction of sp³-hybridized carbons (Fsp3) is 0.438. The molecule has 0 saturated heterocycles. The van der Waals surface area contributed by atoms with Crippen molar-refractivity contribution in [2.24, 2.45) is 0 Å². The molecule has 0 fully saturated rings. The van der Waals surface area contributed by atoms with Gasteiger partial charge in [0, 0.05) is 6.54 Å². The van der Waals surface area contributed by atoms with Crippen molar-refractivity contribution in [3.8, 4) is 0 Å². The third-order valence-corrected chi connectivity index (χ3v) is 4.03. The van der Waals surface area contributed by atoms with Gasteiger partial charge in [-0.1, -0.05) is 35.4 Å². The number of hydrogen-bond donors (Lipinski definition) is 1. The predicted molar refractivity (Wildman–Crippen MR) is 84.3 cm³/mol. The quantitative estimate of drug-likeness (QED) is 0.911. The molecule has 0 bridgehead atoms. The van der Waals surface area contributed by atoms with Gasteiger partial charge in [0.25, 0.3) is 0 Å². The Hall–Kier alpha value is -1.32. The molecule has 1 aromatic heterocycles. The Morgan fingerprint density at radius 2 is 2.10 bits per heavy atom. The number of aryl methyl sites for hydroxylation is 3. The van der Waals surface area contributed by atoms with Gasteiger partial charge in [-0.05, 0) is 45.4 Å². The fourth-order valence-electron chi connectivity index (χ4n) is 2.55. The SMILES string of the molecule is CCn1ncc(Cl)c1C(Cc1cc(C)ccc1C)NC. The summed E-state index contributed by atoms with van der Waals surface area (Å²) < 4.78 is 1.97. The number of halogens is 1. The van der Waals surface area contributed by atoms with Crippen LogP contribution in [0.25, 0.3) is 0 Å². The maximum absolute atomic E-state index is 6.31. The highest BCUT2D eigenvalue weighted by molar-refractivity contribution is 6.31. The molecule has 0 aliphatic carbocycles. The number of nitrogens with zero attached hydrogens (tertiary/aromatic N) is 2. The highest BCUT2D eigenvalue weighted by Gasteiger charge is 2.19. The van der Waals surface area contributed by atoms with Crippen molar-refractivity contribution in [2.45, 2.75) is 39.8 Å². The molecule has 20 heavy (non-hydrogen) atoms. The van der Waals surface area contributed by atoms with Crippen LogP contribution in [0.15, 0.2) is 24.4 Å². The van der Waals surface area contributed by atoms with E-state index in [1.54, 1.807) is 6.20 Å². The summed E-state index contributed by atoms with van der Waals surface area (Å²) in [5, 5.41) is 8.43. The molecule has 1 aromatic carbocycles. The van der Waals surface area contributed by atoms with Crippen LogP contribution in [-0.4, -0.2) is 16.8 Å². The molecule has 108 valence electrons. The van der Waals surface area contributed by atoms with E-state index in [-0.39, 0.29) is 6.04 Å². The van der Waals surface area contributed by atoms with Crippen molar-refractivity contribution in [3.05, 3.63) is 51.8 Å². The topological polar surface area (TPSA) is 29.9 Å². The van der Waals surface area contributed by atoms with E-state index < -0.39 is 0 Å². The van der Waals surface area contributed by atoms with Gasteiger partial charge >= 0.3 is 0 Å². The summed E-state index contributed by atoms with van der Waals surface area (Å²) in [5.41, 5.74) is 5.02. The molecule has 0 radical (unpaired) electrons. The van der Waals surface area contributed by atoms with Gasteiger partial charge in [-0.3, -0.25) is 4.68 Å². The second kappa shape index (κ2) is 6.42. The zero-order valence-corrected chi connectivity index (χ0v) is 13.3. The van der Waals surface area contributed by atoms with E-state index in [9.17, 15) is 0 Å². The first-order chi connectivity index (χ1) is 9.56. The predicted octanol–water partition coefficient (Wildman–Crippen LogP) is 3.68. The molecular weight excluding hydrogens is 270 g/mol. The third kappa shape index (κ3) is 3.05. The number of likely N-dealkylation sites (N-methyl/N-ethyl adjacent to an activating group) is 1. The molecule has 2 rings (SSSR count). The maximum Gasteiger partial charge on any atom is 0.0834 e. The lowest BCUT2D eigenvalue weighted by Crippen LogP contribution is -2.23. The van der Waals surface area contributed by atoms with Gasteiger partial charge in [0.15, 0.2) is 0 Å². The maximum atomic E-state index is 6.31. The second-order valence-electron chi connectivity index (χ2n) is 5.17. The number of hydrogen-bond acceptors (Lipinski definition) is 2. The lowest BCUT2D eigenvalue weighted by molar-refractivity contribution is 0.513. The Labute approximate surface area is 126 Å². The standard InChI is InChI=1S/C16H22ClN3/c1-5-20-16(14(17)10-19-20)15(18-4)9-13-8-11(2)6-7-12(13)3/h6-8,10,15,18H,5,9H2,1-4H3. The summed E-state index contributed by atoms with van der Waals surface area (Å²) in [6.45, 7) is 7.19. The molecule has 0 amide bonds. The van der Waals surface area contributed by atoms with Crippen molar-refractivity contribution >= 4 is 11.6 Å². The van der Waals surface area contributed by atoms with Gasteiger partial charge in [-0.2, -0.15) is 5.10 Å². The van der Waals surface area contributed by atoms with Crippen LogP contribution >= 0.6 is 11.6 Å². The molecule has 3 nitrogen and oxygen atoms in total. The first-order valence-electron chi connectivity index (χ1n) is 7.01. The average molecular weight is 292 g/mol. The van der Waals surface area contributed by atoms with E-state index in [1.165, 1.54) is 16.7 Å². The highest BCUT2D eigenvalue weighted by atomic mass is 35.5. The van der Waals surface area contributed by atoms with E-state index in [4.69, 9.17) is 11.6 Å². The van der Waals surface area contributed by atoms with Crippen molar-refractivity contribution in [1.29, 1.82) is 0 Å². The molecule has 0 aliphatic heterocycles. The Kier molecular flexibility index (Phi) is 4.84. The zero-order chi connectivity index (χ0) is 14.7. The van der Waals surface area contributed by atoms with Crippen molar-refractivity contribution in [1.82, 2.24) is 15.1 Å². The molecule has 0 saturated carbocycles. The number of nitrogens with one attached hydrogen (secondary N) is 1. The number of benzene rings is 1. The van der Waals surface area contributed by atoms with Crippen LogP contribution in [0.1, 0.15) is 35.3 Å². The largest absolute Gasteiger partial charge is 0.311 e. The summed E-state index contributed by atoms with van der Waals surface area (Å²) in [6, 6.07) is 6.75. The molecule has 0 aliphatic rings. The Balaban J connectivity index is 2.33. The van der Waals surface area contributed by atoms with Crippen LogP contribution in [0, 0.1) is 13.8 Å². The Morgan fingerprint density at radius 3 is 2.75 bits per heavy atom. The first-order valence-corrected chi connectivity index (χ1v) is 7.39. The van der Waals surface area contributed by atoms with Gasteiger partial charge in [0.2, 0.25) is 0 Å². The van der Waals surface area contributed by atoms with E-state index in [1.807, 2.05) is 11.7 Å². The van der Waals surface area contributed by atoms with E-state index in [0.29, 0.717) is 0 Å². The van der Waals surface area contributed by atoms with E-state index in [2.05, 4.69) is 49.4 Å². The normalized spacial score (nSPS) is 12.7. The minimum Gasteiger partial charge on any atom is -0.311 e. The zero-order valence-electron chi connectivity index (χ0n) is 12.6. The van der Waals surface area contributed by atoms with Crippen molar-refractivity contribution in [2.75, 3.05) is 7.05 Å². The minimum atomic E-state index is 0.172. The van der Waals surface area contributed by atoms with E-state index >= 15 is 0 Å². The van der Waals surface area contributed by atoms with Crippen LogP contribution in [0.5, 0.6) is 0 Å². The van der Waals surface area contributed by atoms with Gasteiger partial charge < -0.3 is 5.32 Å². The average Bonchev–Trinajstić information content (AvgIpc) is 2.81. The molecule has 0 spiro atoms. The van der Waals surface area contributed by atoms with Gasteiger partial charge in [-0.25, -0.2) is 0 Å². The van der Waals surface area contributed by atoms with Crippen LogP contribution in [0.4, 0.5) is 0 Å². The molecule has 1 N–H and O–H groups in total. The van der Waals surface area contributed by atoms with Crippen molar-refractivity contribution < 1.29 is 0 Å². The number of aromatic nitrogens is 2. The Bertz CT molecular complexity index is 589. The molecule has 1 unspecified atom stereocenters. The molecule has 1 atom stereocenters. The van der Waals surface area contributed by atoms with Crippen LogP contribution < -0.4 is 5.32 Å². The summed E-state index contributed by atoms with van der Waals surface area (Å²) in [7, 11) is 1.97. The summed E-state index contributed by atoms with van der Waals surface area (Å²) in [4.78, 5) is 0. The summed E-state index contributed by atoms with van der Waals surface area (Å²) in [5.74, 6) is 0. The second-order valence-corrected chi connectivity index (χ2v) is 5.58. The van der Waals surface area contributed by atoms with Crippen LogP contribution in [0.3, 0.4) is 0 Å². The molecular formula is C16H22ClN3. The first kappa shape index (κ1) is 15.1. The lowest BCUT2D eigenvalue weighted by atomic mass is 9.97. The number of rotatable bonds is 5. The van der Waals surface area contributed by atoms with Gasteiger partial charge in [0.05, 0.1) is 23.0 Å². The fourth-order valence-corrected chi connectivity index (χ4v) is 2.82. The molecule has 4 heteroatoms. The van der Waals surface area contributed by atoms with Gasteiger partial charge in [0.1, 0.15) is 0 Å². The highest BCUT2D eigenvalue weighted by Crippen LogP contribution is 2.26. The Morgan fingerprint density at radius 1 is 1.35 bits per heavy atom. The summed E-state index contributed by atoms with van der Waals surface area (Å²) in [6.07, 6.45) is 2.64. The van der Waals surface area contributed by atoms with Crippen LogP contribution in [-0.2, 0) is 13.0 Å².